The van der Waals surface area contributed by atoms with Gasteiger partial charge in [-0.3, -0.25) is 4.98 Å². The molecule has 0 bridgehead atoms. The highest BCUT2D eigenvalue weighted by molar-refractivity contribution is 6.17. The van der Waals surface area contributed by atoms with Crippen LogP contribution in [-0.2, 0) is 6.37 Å². The summed E-state index contributed by atoms with van der Waals surface area (Å²) >= 11 is 0. The van der Waals surface area contributed by atoms with Crippen molar-refractivity contribution in [2.24, 2.45) is 5.92 Å². The van der Waals surface area contributed by atoms with E-state index in [1.54, 1.807) is 6.20 Å². The van der Waals surface area contributed by atoms with Crippen molar-refractivity contribution in [2.45, 2.75) is 38.5 Å². The first-order valence-electron chi connectivity index (χ1n) is 13.3. The minimum atomic E-state index is -1.36. The monoisotopic (exact) mass is 443 g/mol. The molecule has 7 rings (SSSR count). The molecule has 2 heteroatoms. The van der Waals surface area contributed by atoms with Gasteiger partial charge in [0, 0.05) is 25.3 Å². The third kappa shape index (κ3) is 3.28. The molecule has 1 fully saturated rings. The fraction of sp³-hybridized carbons (Fsp3) is 0.219. The summed E-state index contributed by atoms with van der Waals surface area (Å²) in [6.45, 7) is 0. The molecule has 166 valence electrons. The van der Waals surface area contributed by atoms with Crippen molar-refractivity contribution in [1.29, 1.82) is 0 Å². The lowest BCUT2D eigenvalue weighted by molar-refractivity contribution is 0.356. The maximum atomic E-state index is 8.94. The zero-order valence-corrected chi connectivity index (χ0v) is 19.1. The number of hydrogen-bond donors (Lipinski definition) is 0. The van der Waals surface area contributed by atoms with Gasteiger partial charge in [-0.1, -0.05) is 80.6 Å². The molecule has 1 saturated carbocycles. The van der Waals surface area contributed by atoms with Gasteiger partial charge in [-0.15, -0.1) is 0 Å². The molecule has 0 amide bonds. The third-order valence-electron chi connectivity index (χ3n) is 7.37. The second-order valence-corrected chi connectivity index (χ2v) is 9.55. The molecule has 0 spiro atoms. The van der Waals surface area contributed by atoms with Crippen LogP contribution in [0.25, 0.3) is 54.7 Å². The Hall–Kier alpha value is -3.65. The van der Waals surface area contributed by atoms with Crippen molar-refractivity contribution in [1.82, 2.24) is 4.98 Å². The first kappa shape index (κ1) is 17.8. The summed E-state index contributed by atoms with van der Waals surface area (Å²) in [6.07, 6.45) is 5.73. The van der Waals surface area contributed by atoms with Gasteiger partial charge in [0.25, 0.3) is 0 Å². The summed E-state index contributed by atoms with van der Waals surface area (Å²) < 4.78 is 24.4. The summed E-state index contributed by atoms with van der Waals surface area (Å²) in [6, 6.07) is 27.1. The van der Waals surface area contributed by atoms with Crippen molar-refractivity contribution in [3.63, 3.8) is 0 Å². The molecule has 2 nitrogen and oxygen atoms in total. The number of benzene rings is 4. The number of rotatable bonds is 3. The minimum absolute atomic E-state index is 0.0609. The highest BCUT2D eigenvalue weighted by Gasteiger charge is 2.17. The molecule has 6 aromatic rings. The Labute approximate surface area is 202 Å². The van der Waals surface area contributed by atoms with Gasteiger partial charge in [-0.25, -0.2) is 0 Å². The molecule has 1 aliphatic rings. The Kier molecular flexibility index (Phi) is 4.18. The first-order valence-corrected chi connectivity index (χ1v) is 12.3. The topological polar surface area (TPSA) is 26.0 Å². The Morgan fingerprint density at radius 2 is 1.62 bits per heavy atom. The Morgan fingerprint density at radius 1 is 0.765 bits per heavy atom. The van der Waals surface area contributed by atoms with Crippen LogP contribution in [0, 0.1) is 5.92 Å². The molecule has 4 aromatic carbocycles. The van der Waals surface area contributed by atoms with Gasteiger partial charge in [0.15, 0.2) is 0 Å². The molecule has 34 heavy (non-hydrogen) atoms. The van der Waals surface area contributed by atoms with Crippen LogP contribution < -0.4 is 0 Å². The van der Waals surface area contributed by atoms with Gasteiger partial charge >= 0.3 is 0 Å². The number of pyridine rings is 1. The molecule has 2 heterocycles. The van der Waals surface area contributed by atoms with Crippen LogP contribution >= 0.6 is 0 Å². The van der Waals surface area contributed by atoms with E-state index in [9.17, 15) is 0 Å². The number of fused-ring (bicyclic) bond motifs is 6. The van der Waals surface area contributed by atoms with Crippen LogP contribution in [0.3, 0.4) is 0 Å². The number of para-hydroxylation sites is 1. The molecule has 0 unspecified atom stereocenters. The van der Waals surface area contributed by atoms with Crippen LogP contribution in [0.2, 0.25) is 0 Å². The summed E-state index contributed by atoms with van der Waals surface area (Å²) in [4.78, 5) is 4.66. The summed E-state index contributed by atoms with van der Waals surface area (Å²) in [7, 11) is 0. The zero-order valence-electron chi connectivity index (χ0n) is 21.1. The Bertz CT molecular complexity index is 1760. The van der Waals surface area contributed by atoms with Crippen molar-refractivity contribution in [3.8, 4) is 11.3 Å². The minimum Gasteiger partial charge on any atom is -0.455 e. The van der Waals surface area contributed by atoms with Crippen molar-refractivity contribution < 1.29 is 7.16 Å². The Balaban J connectivity index is 1.39. The summed E-state index contributed by atoms with van der Waals surface area (Å²) in [5.74, 6) is 0.0609. The molecule has 0 radical (unpaired) electrons. The van der Waals surface area contributed by atoms with E-state index in [-0.39, 0.29) is 5.92 Å². The predicted molar refractivity (Wildman–Crippen MR) is 142 cm³/mol. The van der Waals surface area contributed by atoms with Crippen LogP contribution in [0.4, 0.5) is 0 Å². The van der Waals surface area contributed by atoms with E-state index < -0.39 is 6.37 Å². The number of hydrogen-bond acceptors (Lipinski definition) is 2. The second-order valence-electron chi connectivity index (χ2n) is 9.55. The molecule has 2 aromatic heterocycles. The SMILES string of the molecule is [2H]C([2H])(c1ccnc(-c2cccc3c2oc2cc4c(ccc5ccccc54)cc23)c1)C1CCCCC1. The zero-order chi connectivity index (χ0) is 24.3. The molecule has 0 aliphatic heterocycles. The van der Waals surface area contributed by atoms with Gasteiger partial charge in [0.05, 0.1) is 5.69 Å². The smallest absolute Gasteiger partial charge is 0.144 e. The van der Waals surface area contributed by atoms with Gasteiger partial charge in [-0.2, -0.15) is 0 Å². The van der Waals surface area contributed by atoms with E-state index in [2.05, 4.69) is 59.6 Å². The summed E-state index contributed by atoms with van der Waals surface area (Å²) in [5.41, 5.74) is 4.03. The molecule has 0 N–H and O–H groups in total. The van der Waals surface area contributed by atoms with Gasteiger partial charge in [-0.05, 0) is 69.7 Å². The fourth-order valence-electron chi connectivity index (χ4n) is 5.65. The van der Waals surface area contributed by atoms with E-state index in [0.717, 1.165) is 58.9 Å². The lowest BCUT2D eigenvalue weighted by Gasteiger charge is -2.21. The van der Waals surface area contributed by atoms with Gasteiger partial charge < -0.3 is 4.42 Å². The van der Waals surface area contributed by atoms with Gasteiger partial charge in [0.1, 0.15) is 11.2 Å². The predicted octanol–water partition coefficient (Wildman–Crippen LogP) is 9.08. The van der Waals surface area contributed by atoms with E-state index in [0.29, 0.717) is 5.56 Å². The lowest BCUT2D eigenvalue weighted by Crippen LogP contribution is -2.09. The van der Waals surface area contributed by atoms with Crippen LogP contribution in [-0.4, -0.2) is 4.98 Å². The molecule has 1 aliphatic carbocycles. The molecule has 0 saturated heterocycles. The average molecular weight is 444 g/mol. The van der Waals surface area contributed by atoms with Crippen LogP contribution in [0.1, 0.15) is 40.4 Å². The maximum Gasteiger partial charge on any atom is 0.144 e. The summed E-state index contributed by atoms with van der Waals surface area (Å²) in [5, 5.41) is 6.95. The standard InChI is InChI=1S/C32H27NO/c1-2-7-21(8-3-1)17-22-15-16-33-30(18-22)27-12-6-11-26-29-19-24-14-13-23-9-4-5-10-25(23)28(24)20-31(29)34-32(26)27/h4-6,9-16,18-21H,1-3,7-8,17H2/i17D2. The molecular weight excluding hydrogens is 414 g/mol. The van der Waals surface area contributed by atoms with E-state index in [4.69, 9.17) is 7.16 Å². The average Bonchev–Trinajstić information content (AvgIpc) is 3.30. The van der Waals surface area contributed by atoms with Gasteiger partial charge in [0.2, 0.25) is 0 Å². The van der Waals surface area contributed by atoms with E-state index in [1.807, 2.05) is 24.3 Å². The molecular formula is C32H27NO. The van der Waals surface area contributed by atoms with Crippen molar-refractivity contribution in [3.05, 3.63) is 90.6 Å². The van der Waals surface area contributed by atoms with Crippen LogP contribution in [0.5, 0.6) is 0 Å². The number of nitrogens with zero attached hydrogens (tertiary/aromatic N) is 1. The Morgan fingerprint density at radius 3 is 2.56 bits per heavy atom. The normalized spacial score (nSPS) is 16.4. The van der Waals surface area contributed by atoms with Crippen molar-refractivity contribution >= 4 is 43.5 Å². The lowest BCUT2D eigenvalue weighted by atomic mass is 9.85. The largest absolute Gasteiger partial charge is 0.455 e. The maximum absolute atomic E-state index is 8.94. The third-order valence-corrected chi connectivity index (χ3v) is 7.37. The molecule has 0 atom stereocenters. The highest BCUT2D eigenvalue weighted by atomic mass is 16.3. The van der Waals surface area contributed by atoms with Crippen molar-refractivity contribution in [2.75, 3.05) is 0 Å². The van der Waals surface area contributed by atoms with Crippen LogP contribution in [0.15, 0.2) is 89.5 Å². The number of aromatic nitrogens is 1. The quantitative estimate of drug-likeness (QED) is 0.255. The second kappa shape index (κ2) is 7.99. The van der Waals surface area contributed by atoms with E-state index in [1.165, 1.54) is 28.0 Å². The van der Waals surface area contributed by atoms with E-state index >= 15 is 0 Å². The highest BCUT2D eigenvalue weighted by Crippen LogP contribution is 2.38. The number of furan rings is 1. The fourth-order valence-corrected chi connectivity index (χ4v) is 5.65. The first-order chi connectivity index (χ1) is 17.6.